The highest BCUT2D eigenvalue weighted by Crippen LogP contribution is 2.18. The van der Waals surface area contributed by atoms with Gasteiger partial charge in [-0.3, -0.25) is 9.59 Å². The number of carbonyl (C=O) groups is 2. The predicted octanol–water partition coefficient (Wildman–Crippen LogP) is 2.13. The number of aryl methyl sites for hydroxylation is 1. The highest BCUT2D eigenvalue weighted by molar-refractivity contribution is 7.82. The van der Waals surface area contributed by atoms with Crippen molar-refractivity contribution in [2.45, 2.75) is 39.2 Å². The van der Waals surface area contributed by atoms with Crippen molar-refractivity contribution in [1.82, 2.24) is 30.6 Å². The first-order valence-corrected chi connectivity index (χ1v) is 13.9. The molecule has 1 aliphatic heterocycles. The maximum Gasteiger partial charge on any atom is 0.278 e. The van der Waals surface area contributed by atoms with Gasteiger partial charge in [-0.1, -0.05) is 29.9 Å². The quantitative estimate of drug-likeness (QED) is 0.348. The van der Waals surface area contributed by atoms with E-state index in [4.69, 9.17) is 12.2 Å². The normalized spacial score (nSPS) is 15.5. The van der Waals surface area contributed by atoms with Gasteiger partial charge >= 0.3 is 0 Å². The fraction of sp³-hybridized carbons (Fsp3) is 0.480. The smallest absolute Gasteiger partial charge is 0.278 e. The van der Waals surface area contributed by atoms with Crippen molar-refractivity contribution >= 4 is 50.9 Å². The van der Waals surface area contributed by atoms with Crippen molar-refractivity contribution < 1.29 is 13.8 Å². The molecule has 9 nitrogen and oxygen atoms in total. The fourth-order valence-corrected chi connectivity index (χ4v) is 4.71. The van der Waals surface area contributed by atoms with Gasteiger partial charge in [-0.2, -0.15) is 0 Å². The van der Waals surface area contributed by atoms with Gasteiger partial charge in [0.25, 0.3) is 11.8 Å². The van der Waals surface area contributed by atoms with Gasteiger partial charge in [0, 0.05) is 55.6 Å². The molecule has 1 fully saturated rings. The van der Waals surface area contributed by atoms with Crippen molar-refractivity contribution in [1.29, 1.82) is 0 Å². The number of piperidine rings is 1. The average molecular weight is 535 g/mol. The molecule has 1 aliphatic rings. The number of carbonyl (C=O) groups excluding carboxylic acids is 2. The Bertz CT molecular complexity index is 1110. The van der Waals surface area contributed by atoms with Gasteiger partial charge in [0.15, 0.2) is 4.99 Å². The van der Waals surface area contributed by atoms with Crippen molar-refractivity contribution in [3.05, 3.63) is 47.3 Å². The molecule has 2 heterocycles. The first kappa shape index (κ1) is 29.6. The molecule has 5 N–H and O–H groups in total. The van der Waals surface area contributed by atoms with E-state index in [9.17, 15) is 13.8 Å². The summed E-state index contributed by atoms with van der Waals surface area (Å²) in [6, 6.07) is 8.14. The molecule has 0 aliphatic carbocycles. The lowest BCUT2D eigenvalue weighted by molar-refractivity contribution is -0.114. The molecular formula is C25H38N6O3S2. The van der Waals surface area contributed by atoms with Crippen LogP contribution in [0.1, 0.15) is 42.2 Å². The summed E-state index contributed by atoms with van der Waals surface area (Å²) >= 11 is 4.88. The number of benzene rings is 1. The molecule has 0 radical (unpaired) electrons. The van der Waals surface area contributed by atoms with Crippen LogP contribution in [0.15, 0.2) is 36.0 Å². The minimum Gasteiger partial charge on any atom is -0.353 e. The van der Waals surface area contributed by atoms with E-state index in [-0.39, 0.29) is 22.8 Å². The summed E-state index contributed by atoms with van der Waals surface area (Å²) < 4.78 is 13.4. The summed E-state index contributed by atoms with van der Waals surface area (Å²) in [5.41, 5.74) is 3.71. The van der Waals surface area contributed by atoms with E-state index >= 15 is 0 Å². The van der Waals surface area contributed by atoms with Crippen molar-refractivity contribution in [2.75, 3.05) is 40.0 Å². The van der Waals surface area contributed by atoms with Crippen LogP contribution >= 0.6 is 12.2 Å². The Morgan fingerprint density at radius 3 is 2.50 bits per heavy atom. The van der Waals surface area contributed by atoms with E-state index in [1.54, 1.807) is 13.3 Å². The number of allylic oxidation sites excluding steroid dienone is 1. The number of hydrogen-bond acceptors (Lipinski definition) is 5. The number of fused-ring (bicyclic) bond motifs is 1. The number of aromatic nitrogens is 1. The molecular weight excluding hydrogens is 496 g/mol. The predicted molar refractivity (Wildman–Crippen MR) is 151 cm³/mol. The second-order valence-corrected chi connectivity index (χ2v) is 10.3. The van der Waals surface area contributed by atoms with E-state index in [0.29, 0.717) is 5.69 Å². The van der Waals surface area contributed by atoms with Crippen LogP contribution in [0.5, 0.6) is 0 Å². The van der Waals surface area contributed by atoms with Crippen LogP contribution in [0, 0.1) is 6.92 Å². The molecule has 0 saturated carbocycles. The highest BCUT2D eigenvalue weighted by atomic mass is 32.2. The van der Waals surface area contributed by atoms with Crippen molar-refractivity contribution in [2.24, 2.45) is 0 Å². The molecule has 1 aromatic carbocycles. The molecule has 3 rings (SSSR count). The van der Waals surface area contributed by atoms with E-state index < -0.39 is 11.0 Å². The molecule has 2 amide bonds. The second kappa shape index (κ2) is 14.8. The van der Waals surface area contributed by atoms with Crippen molar-refractivity contribution in [3.8, 4) is 0 Å². The molecule has 1 unspecified atom stereocenters. The molecule has 11 heteroatoms. The molecule has 1 atom stereocenters. The van der Waals surface area contributed by atoms with Gasteiger partial charge in [0.1, 0.15) is 5.69 Å². The topological polar surface area (TPSA) is 118 Å². The molecule has 0 spiro atoms. The Kier molecular flexibility index (Phi) is 12.2. The largest absolute Gasteiger partial charge is 0.353 e. The van der Waals surface area contributed by atoms with Gasteiger partial charge in [0.2, 0.25) is 0 Å². The van der Waals surface area contributed by atoms with Crippen LogP contribution in [-0.2, 0) is 15.8 Å². The maximum atomic E-state index is 12.4. The Balaban J connectivity index is 0.000000284. The van der Waals surface area contributed by atoms with Gasteiger partial charge in [-0.25, -0.2) is 8.51 Å². The van der Waals surface area contributed by atoms with Crippen molar-refractivity contribution in [3.63, 3.8) is 0 Å². The molecule has 198 valence electrons. The zero-order chi connectivity index (χ0) is 26.7. The molecule has 1 aromatic heterocycles. The van der Waals surface area contributed by atoms with Crippen LogP contribution in [0.3, 0.4) is 0 Å². The first-order valence-electron chi connectivity index (χ1n) is 12.0. The fourth-order valence-electron chi connectivity index (χ4n) is 3.75. The number of hydrogen-bond donors (Lipinski definition) is 5. The van der Waals surface area contributed by atoms with Gasteiger partial charge in [-0.15, -0.1) is 0 Å². The molecule has 0 bridgehead atoms. The zero-order valence-electron chi connectivity index (χ0n) is 21.7. The number of likely N-dealkylation sites (N-methyl/N-ethyl adjacent to an activating group) is 1. The third-order valence-electron chi connectivity index (χ3n) is 5.87. The Labute approximate surface area is 221 Å². The zero-order valence-corrected chi connectivity index (χ0v) is 23.3. The average Bonchev–Trinajstić information content (AvgIpc) is 3.30. The number of amides is 2. The first-order chi connectivity index (χ1) is 17.2. The van der Waals surface area contributed by atoms with Crippen LogP contribution in [0.25, 0.3) is 10.9 Å². The molecule has 2 aromatic rings. The number of nitrogens with zero attached hydrogens (tertiary/aromatic N) is 1. The lowest BCUT2D eigenvalue weighted by Crippen LogP contribution is -2.45. The summed E-state index contributed by atoms with van der Waals surface area (Å²) in [4.78, 5) is 26.8. The van der Waals surface area contributed by atoms with Gasteiger partial charge in [-0.05, 0) is 58.4 Å². The van der Waals surface area contributed by atoms with E-state index in [1.165, 1.54) is 5.56 Å². The SMILES string of the molecule is C/C=C(\CCNC)NC(=S)C(=O)NC.Cc1ccc2[nH]c(C(=O)NC3CCN(S(C)=O)CC3)cc2c1. The minimum atomic E-state index is -0.914. The highest BCUT2D eigenvalue weighted by Gasteiger charge is 2.23. The van der Waals surface area contributed by atoms with Crippen LogP contribution in [0.2, 0.25) is 0 Å². The summed E-state index contributed by atoms with van der Waals surface area (Å²) in [6.07, 6.45) is 6.11. The third kappa shape index (κ3) is 9.12. The van der Waals surface area contributed by atoms with Crippen LogP contribution in [-0.4, -0.2) is 76.3 Å². The van der Waals surface area contributed by atoms with E-state index in [1.807, 2.05) is 49.5 Å². The number of aromatic amines is 1. The second-order valence-electron chi connectivity index (χ2n) is 8.57. The summed E-state index contributed by atoms with van der Waals surface area (Å²) in [6.45, 7) is 6.32. The van der Waals surface area contributed by atoms with E-state index in [2.05, 4.69) is 32.3 Å². The third-order valence-corrected chi connectivity index (χ3v) is 7.25. The van der Waals surface area contributed by atoms with E-state index in [0.717, 1.165) is 55.5 Å². The van der Waals surface area contributed by atoms with Crippen LogP contribution < -0.4 is 21.3 Å². The van der Waals surface area contributed by atoms with Gasteiger partial charge in [0.05, 0.1) is 11.0 Å². The summed E-state index contributed by atoms with van der Waals surface area (Å²) in [7, 11) is 2.52. The Hall–Kier alpha value is -2.60. The summed E-state index contributed by atoms with van der Waals surface area (Å²) in [5.74, 6) is -0.325. The Morgan fingerprint density at radius 1 is 1.22 bits per heavy atom. The van der Waals surface area contributed by atoms with Crippen LogP contribution in [0.4, 0.5) is 0 Å². The number of nitrogens with one attached hydrogen (secondary N) is 5. The standard InChI is InChI=1S/C16H21N3O2S.C9H17N3OS/c1-11-3-4-14-12(9-11)10-15(18-14)16(20)17-13-5-7-19(8-6-13)22(2)21;1-4-7(5-6-10-2)12-9(14)8(13)11-3/h3-4,9-10,13,18H,5-8H2,1-2H3,(H,17,20);4,10H,5-6H2,1-3H3,(H,11,13)(H,12,14)/b;7-4+. The van der Waals surface area contributed by atoms with Gasteiger partial charge < -0.3 is 26.3 Å². The number of thiocarbonyl (C=S) groups is 1. The lowest BCUT2D eigenvalue weighted by atomic mass is 10.1. The summed E-state index contributed by atoms with van der Waals surface area (Å²) in [5, 5.41) is 12.5. The molecule has 36 heavy (non-hydrogen) atoms. The lowest BCUT2D eigenvalue weighted by Gasteiger charge is -2.30. The number of H-pyrrole nitrogens is 1. The monoisotopic (exact) mass is 534 g/mol. The number of rotatable bonds is 7. The maximum absolute atomic E-state index is 12.4. The Morgan fingerprint density at radius 2 is 1.92 bits per heavy atom. The molecule has 1 saturated heterocycles. The minimum absolute atomic E-state index is 0.0649.